The topological polar surface area (TPSA) is 12.5 Å². The summed E-state index contributed by atoms with van der Waals surface area (Å²) in [7, 11) is 3.81. The number of nitrogens with zero attached hydrogens (tertiary/aromatic N) is 1. The van der Waals surface area contributed by atoms with Gasteiger partial charge < -0.3 is 4.74 Å². The summed E-state index contributed by atoms with van der Waals surface area (Å²) in [5.41, 5.74) is 1.29. The molecule has 1 aromatic rings. The molecule has 0 bridgehead atoms. The number of ether oxygens (including phenoxy) is 1. The van der Waals surface area contributed by atoms with E-state index in [1.165, 1.54) is 5.56 Å². The summed E-state index contributed by atoms with van der Waals surface area (Å²) in [5, 5.41) is 0. The standard InChI is InChI=1S/C12H18BrNO/c1-9(2)14(3)8-10-5-6-12(15-4)11(13)7-10/h5-7,9H,8H2,1-4H3. The van der Waals surface area contributed by atoms with E-state index in [0.29, 0.717) is 6.04 Å². The Morgan fingerprint density at radius 1 is 1.40 bits per heavy atom. The molecule has 3 heteroatoms. The van der Waals surface area contributed by atoms with Crippen LogP contribution in [0.4, 0.5) is 0 Å². The van der Waals surface area contributed by atoms with Crippen molar-refractivity contribution in [2.75, 3.05) is 14.2 Å². The fourth-order valence-electron chi connectivity index (χ4n) is 1.28. The van der Waals surface area contributed by atoms with Crippen molar-refractivity contribution in [2.45, 2.75) is 26.4 Å². The summed E-state index contributed by atoms with van der Waals surface area (Å²) in [6.45, 7) is 5.34. The van der Waals surface area contributed by atoms with Gasteiger partial charge in [-0.2, -0.15) is 0 Å². The van der Waals surface area contributed by atoms with E-state index >= 15 is 0 Å². The third-order valence-electron chi connectivity index (χ3n) is 2.53. The van der Waals surface area contributed by atoms with Gasteiger partial charge in [-0.05, 0) is 54.5 Å². The van der Waals surface area contributed by atoms with Crippen LogP contribution in [0.1, 0.15) is 19.4 Å². The molecule has 0 amide bonds. The number of rotatable bonds is 4. The number of benzene rings is 1. The van der Waals surface area contributed by atoms with Crippen LogP contribution in [0.5, 0.6) is 5.75 Å². The minimum atomic E-state index is 0.561. The van der Waals surface area contributed by atoms with E-state index in [2.05, 4.69) is 53.9 Å². The Bertz CT molecular complexity index is 325. The molecular formula is C12H18BrNO. The lowest BCUT2D eigenvalue weighted by Crippen LogP contribution is -2.25. The van der Waals surface area contributed by atoms with E-state index in [1.54, 1.807) is 7.11 Å². The van der Waals surface area contributed by atoms with Gasteiger partial charge in [-0.1, -0.05) is 6.07 Å². The quantitative estimate of drug-likeness (QED) is 0.833. The Kier molecular flexibility index (Phi) is 4.61. The van der Waals surface area contributed by atoms with Crippen molar-refractivity contribution in [1.82, 2.24) is 4.90 Å². The summed E-state index contributed by atoms with van der Waals surface area (Å²) < 4.78 is 6.21. The fourth-order valence-corrected chi connectivity index (χ4v) is 1.87. The Morgan fingerprint density at radius 3 is 2.53 bits per heavy atom. The zero-order valence-corrected chi connectivity index (χ0v) is 11.3. The molecule has 1 aromatic carbocycles. The first kappa shape index (κ1) is 12.5. The van der Waals surface area contributed by atoms with Crippen LogP contribution in [0.3, 0.4) is 0 Å². The Hall–Kier alpha value is -0.540. The summed E-state index contributed by atoms with van der Waals surface area (Å²) in [6.07, 6.45) is 0. The second kappa shape index (κ2) is 5.52. The highest BCUT2D eigenvalue weighted by atomic mass is 79.9. The lowest BCUT2D eigenvalue weighted by atomic mass is 10.2. The summed E-state index contributed by atoms with van der Waals surface area (Å²) in [5.74, 6) is 0.881. The second-order valence-electron chi connectivity index (χ2n) is 3.98. The molecule has 15 heavy (non-hydrogen) atoms. The first-order chi connectivity index (χ1) is 7.04. The molecule has 0 aliphatic heterocycles. The minimum absolute atomic E-state index is 0.561. The molecule has 0 N–H and O–H groups in total. The van der Waals surface area contributed by atoms with Gasteiger partial charge in [0.25, 0.3) is 0 Å². The van der Waals surface area contributed by atoms with Crippen LogP contribution in [-0.4, -0.2) is 25.1 Å². The first-order valence-electron chi connectivity index (χ1n) is 5.07. The fraction of sp³-hybridized carbons (Fsp3) is 0.500. The van der Waals surface area contributed by atoms with E-state index < -0.39 is 0 Å². The molecule has 0 radical (unpaired) electrons. The van der Waals surface area contributed by atoms with Crippen molar-refractivity contribution in [3.63, 3.8) is 0 Å². The molecule has 0 aromatic heterocycles. The molecule has 0 fully saturated rings. The predicted molar refractivity (Wildman–Crippen MR) is 67.3 cm³/mol. The van der Waals surface area contributed by atoms with Crippen molar-refractivity contribution in [3.8, 4) is 5.75 Å². The maximum absolute atomic E-state index is 5.19. The van der Waals surface area contributed by atoms with Crippen molar-refractivity contribution in [2.24, 2.45) is 0 Å². The third-order valence-corrected chi connectivity index (χ3v) is 3.15. The van der Waals surface area contributed by atoms with Gasteiger partial charge in [-0.25, -0.2) is 0 Å². The highest BCUT2D eigenvalue weighted by molar-refractivity contribution is 9.10. The summed E-state index contributed by atoms with van der Waals surface area (Å²) >= 11 is 3.49. The first-order valence-corrected chi connectivity index (χ1v) is 5.86. The second-order valence-corrected chi connectivity index (χ2v) is 4.83. The molecule has 0 saturated carbocycles. The SMILES string of the molecule is COc1ccc(CN(C)C(C)C)cc1Br. The van der Waals surface area contributed by atoms with Gasteiger partial charge in [0.1, 0.15) is 5.75 Å². The van der Waals surface area contributed by atoms with Gasteiger partial charge in [-0.15, -0.1) is 0 Å². The maximum atomic E-state index is 5.19. The van der Waals surface area contributed by atoms with Crippen LogP contribution in [0.2, 0.25) is 0 Å². The van der Waals surface area contributed by atoms with Crippen molar-refractivity contribution < 1.29 is 4.74 Å². The van der Waals surface area contributed by atoms with Gasteiger partial charge >= 0.3 is 0 Å². The van der Waals surface area contributed by atoms with E-state index in [1.807, 2.05) is 6.07 Å². The molecule has 0 aliphatic rings. The van der Waals surface area contributed by atoms with Crippen LogP contribution in [0, 0.1) is 0 Å². The predicted octanol–water partition coefficient (Wildman–Crippen LogP) is 3.30. The maximum Gasteiger partial charge on any atom is 0.133 e. The minimum Gasteiger partial charge on any atom is -0.496 e. The molecule has 0 atom stereocenters. The molecule has 0 aliphatic carbocycles. The van der Waals surface area contributed by atoms with Crippen LogP contribution in [0.25, 0.3) is 0 Å². The highest BCUT2D eigenvalue weighted by Crippen LogP contribution is 2.26. The summed E-state index contributed by atoms with van der Waals surface area (Å²) in [4.78, 5) is 2.30. The number of halogens is 1. The molecule has 84 valence electrons. The smallest absolute Gasteiger partial charge is 0.133 e. The molecule has 0 heterocycles. The van der Waals surface area contributed by atoms with E-state index in [-0.39, 0.29) is 0 Å². The van der Waals surface area contributed by atoms with E-state index in [0.717, 1.165) is 16.8 Å². The largest absolute Gasteiger partial charge is 0.496 e. The molecular weight excluding hydrogens is 254 g/mol. The van der Waals surface area contributed by atoms with Crippen LogP contribution < -0.4 is 4.74 Å². The Labute approximate surface area is 100 Å². The molecule has 0 saturated heterocycles. The molecule has 1 rings (SSSR count). The molecule has 2 nitrogen and oxygen atoms in total. The number of hydrogen-bond acceptors (Lipinski definition) is 2. The monoisotopic (exact) mass is 271 g/mol. The average Bonchev–Trinajstić information content (AvgIpc) is 2.18. The third kappa shape index (κ3) is 3.50. The lowest BCUT2D eigenvalue weighted by molar-refractivity contribution is 0.265. The van der Waals surface area contributed by atoms with E-state index in [9.17, 15) is 0 Å². The highest BCUT2D eigenvalue weighted by Gasteiger charge is 2.06. The van der Waals surface area contributed by atoms with Gasteiger partial charge in [0.2, 0.25) is 0 Å². The van der Waals surface area contributed by atoms with Gasteiger partial charge in [0.05, 0.1) is 11.6 Å². The average molecular weight is 272 g/mol. The van der Waals surface area contributed by atoms with Gasteiger partial charge in [-0.3, -0.25) is 4.90 Å². The zero-order chi connectivity index (χ0) is 11.4. The number of hydrogen-bond donors (Lipinski definition) is 0. The Balaban J connectivity index is 2.75. The van der Waals surface area contributed by atoms with Crippen LogP contribution in [0.15, 0.2) is 22.7 Å². The van der Waals surface area contributed by atoms with Gasteiger partial charge in [0.15, 0.2) is 0 Å². The summed E-state index contributed by atoms with van der Waals surface area (Å²) in [6, 6.07) is 6.76. The molecule has 0 spiro atoms. The van der Waals surface area contributed by atoms with Gasteiger partial charge in [0, 0.05) is 12.6 Å². The Morgan fingerprint density at radius 2 is 2.07 bits per heavy atom. The number of methoxy groups -OCH3 is 1. The van der Waals surface area contributed by atoms with E-state index in [4.69, 9.17) is 4.74 Å². The lowest BCUT2D eigenvalue weighted by Gasteiger charge is -2.21. The van der Waals surface area contributed by atoms with Crippen LogP contribution in [-0.2, 0) is 6.54 Å². The molecule has 0 unspecified atom stereocenters. The zero-order valence-electron chi connectivity index (χ0n) is 9.75. The van der Waals surface area contributed by atoms with Crippen LogP contribution >= 0.6 is 15.9 Å². The van der Waals surface area contributed by atoms with Crippen molar-refractivity contribution in [3.05, 3.63) is 28.2 Å². The normalized spacial score (nSPS) is 11.1. The van der Waals surface area contributed by atoms with Crippen molar-refractivity contribution >= 4 is 15.9 Å². The van der Waals surface area contributed by atoms with Crippen molar-refractivity contribution in [1.29, 1.82) is 0 Å².